The van der Waals surface area contributed by atoms with E-state index in [1.54, 1.807) is 0 Å². The average Bonchev–Trinajstić information content (AvgIpc) is 2.92. The summed E-state index contributed by atoms with van der Waals surface area (Å²) in [6.07, 6.45) is 8.92. The lowest BCUT2D eigenvalue weighted by molar-refractivity contribution is 0.183. The molecule has 0 bridgehead atoms. The fraction of sp³-hybridized carbons (Fsp3) is 0.867. The van der Waals surface area contributed by atoms with E-state index in [0.717, 1.165) is 51.4 Å². The van der Waals surface area contributed by atoms with Crippen LogP contribution in [0.1, 0.15) is 132 Å². The summed E-state index contributed by atoms with van der Waals surface area (Å²) in [6, 6.07) is 0. The minimum absolute atomic E-state index is 0.331. The maximum Gasteiger partial charge on any atom is 0.406 e. The van der Waals surface area contributed by atoms with Crippen molar-refractivity contribution < 1.29 is 27.2 Å². The first-order valence-corrected chi connectivity index (χ1v) is 18.6. The standard InChI is InChI=1S/C30H58N2O6P2/c1-9-19-29(20-10-2,31-39(33,35-25-13-5)36-26-14-6)23-17-18-24-30(21-11-3,22-12-4)32-40(34,37-27-15-7)38-28-16-8/h9-16,19-22,25-28H2,1-8H3,(H,31,33)(H,32,34). The van der Waals surface area contributed by atoms with Gasteiger partial charge in [0, 0.05) is 0 Å². The van der Waals surface area contributed by atoms with Crippen LogP contribution in [-0.4, -0.2) is 37.5 Å². The smallest absolute Gasteiger partial charge is 0.297 e. The van der Waals surface area contributed by atoms with E-state index in [4.69, 9.17) is 18.1 Å². The van der Waals surface area contributed by atoms with E-state index in [1.807, 2.05) is 27.7 Å². The van der Waals surface area contributed by atoms with Gasteiger partial charge in [-0.3, -0.25) is 18.1 Å². The largest absolute Gasteiger partial charge is 0.406 e. The van der Waals surface area contributed by atoms with Crippen LogP contribution in [0.5, 0.6) is 0 Å². The van der Waals surface area contributed by atoms with Gasteiger partial charge < -0.3 is 0 Å². The van der Waals surface area contributed by atoms with E-state index in [-0.39, 0.29) is 0 Å². The zero-order chi connectivity index (χ0) is 30.4. The van der Waals surface area contributed by atoms with Gasteiger partial charge in [0.05, 0.1) is 37.5 Å². The van der Waals surface area contributed by atoms with Crippen LogP contribution in [0.4, 0.5) is 0 Å². The molecule has 0 saturated heterocycles. The summed E-state index contributed by atoms with van der Waals surface area (Å²) in [5, 5.41) is 6.44. The Morgan fingerprint density at radius 3 is 0.925 bits per heavy atom. The molecular formula is C30H58N2O6P2. The first-order chi connectivity index (χ1) is 19.1. The van der Waals surface area contributed by atoms with E-state index in [1.165, 1.54) is 0 Å². The summed E-state index contributed by atoms with van der Waals surface area (Å²) in [5.41, 5.74) is -1.55. The van der Waals surface area contributed by atoms with Crippen molar-refractivity contribution in [3.63, 3.8) is 0 Å². The molecule has 0 heterocycles. The Hall–Kier alpha value is -0.660. The second-order valence-electron chi connectivity index (χ2n) is 10.2. The highest BCUT2D eigenvalue weighted by atomic mass is 31.2. The molecule has 0 aliphatic carbocycles. The van der Waals surface area contributed by atoms with Crippen molar-refractivity contribution in [3.8, 4) is 23.7 Å². The lowest BCUT2D eigenvalue weighted by Gasteiger charge is -2.33. The first kappa shape index (κ1) is 39.3. The molecule has 0 fully saturated rings. The van der Waals surface area contributed by atoms with Crippen molar-refractivity contribution in [1.82, 2.24) is 10.2 Å². The normalized spacial score (nSPS) is 12.5. The molecule has 234 valence electrons. The lowest BCUT2D eigenvalue weighted by atomic mass is 9.89. The van der Waals surface area contributed by atoms with E-state index in [0.29, 0.717) is 52.1 Å². The van der Waals surface area contributed by atoms with Gasteiger partial charge in [-0.1, -0.05) is 92.9 Å². The van der Waals surface area contributed by atoms with Gasteiger partial charge in [0.15, 0.2) is 0 Å². The topological polar surface area (TPSA) is 95.1 Å². The summed E-state index contributed by atoms with van der Waals surface area (Å²) in [6.45, 7) is 17.5. The maximum absolute atomic E-state index is 13.7. The summed E-state index contributed by atoms with van der Waals surface area (Å²) in [5.74, 6) is 12.7. The third-order valence-electron chi connectivity index (χ3n) is 5.94. The highest BCUT2D eigenvalue weighted by Crippen LogP contribution is 2.48. The number of hydrogen-bond donors (Lipinski definition) is 2. The van der Waals surface area contributed by atoms with Gasteiger partial charge in [0.1, 0.15) is 0 Å². The van der Waals surface area contributed by atoms with Crippen LogP contribution < -0.4 is 10.2 Å². The Balaban J connectivity index is 6.51. The van der Waals surface area contributed by atoms with E-state index in [2.05, 4.69) is 61.6 Å². The minimum Gasteiger partial charge on any atom is -0.297 e. The van der Waals surface area contributed by atoms with Gasteiger partial charge in [-0.05, 0) is 63.2 Å². The van der Waals surface area contributed by atoms with Crippen molar-refractivity contribution in [1.29, 1.82) is 0 Å². The summed E-state index contributed by atoms with van der Waals surface area (Å²) >= 11 is 0. The molecule has 0 unspecified atom stereocenters. The highest BCUT2D eigenvalue weighted by Gasteiger charge is 2.38. The minimum atomic E-state index is -3.57. The third kappa shape index (κ3) is 15.5. The lowest BCUT2D eigenvalue weighted by Crippen LogP contribution is -2.43. The van der Waals surface area contributed by atoms with Crippen LogP contribution >= 0.6 is 15.5 Å². The van der Waals surface area contributed by atoms with Crippen molar-refractivity contribution >= 4 is 15.5 Å². The summed E-state index contributed by atoms with van der Waals surface area (Å²) in [4.78, 5) is 0. The molecule has 0 rings (SSSR count). The molecule has 10 heteroatoms. The third-order valence-corrected chi connectivity index (χ3v) is 9.43. The molecule has 0 aromatic rings. The molecule has 8 nitrogen and oxygen atoms in total. The van der Waals surface area contributed by atoms with E-state index < -0.39 is 26.6 Å². The average molecular weight is 605 g/mol. The van der Waals surface area contributed by atoms with Crippen LogP contribution in [-0.2, 0) is 27.2 Å². The quantitative estimate of drug-likeness (QED) is 0.0834. The SMILES string of the molecule is CCCOP(=O)(NC(C#CC#CC(CCC)(CCC)NP(=O)(OCCC)OCCC)(CCC)CCC)OCCC. The zero-order valence-electron chi connectivity index (χ0n) is 26.7. The van der Waals surface area contributed by atoms with Crippen LogP contribution in [0.3, 0.4) is 0 Å². The molecule has 0 aliphatic heterocycles. The van der Waals surface area contributed by atoms with E-state index in [9.17, 15) is 9.13 Å². The van der Waals surface area contributed by atoms with Crippen molar-refractivity contribution in [3.05, 3.63) is 0 Å². The number of nitrogens with one attached hydrogen (secondary N) is 2. The Kier molecular flexibility index (Phi) is 21.6. The van der Waals surface area contributed by atoms with Crippen LogP contribution in [0.2, 0.25) is 0 Å². The van der Waals surface area contributed by atoms with Gasteiger partial charge in [-0.25, -0.2) is 19.3 Å². The molecule has 0 saturated carbocycles. The van der Waals surface area contributed by atoms with E-state index >= 15 is 0 Å². The molecule has 2 N–H and O–H groups in total. The molecule has 0 aliphatic rings. The van der Waals surface area contributed by atoms with Crippen LogP contribution in [0, 0.1) is 23.7 Å². The highest BCUT2D eigenvalue weighted by molar-refractivity contribution is 7.52. The predicted octanol–water partition coefficient (Wildman–Crippen LogP) is 8.77. The first-order valence-electron chi connectivity index (χ1n) is 15.5. The summed E-state index contributed by atoms with van der Waals surface area (Å²) < 4.78 is 50.2. The molecule has 0 aromatic heterocycles. The number of hydrogen-bond acceptors (Lipinski definition) is 6. The Bertz CT molecular complexity index is 782. The maximum atomic E-state index is 13.7. The fourth-order valence-electron chi connectivity index (χ4n) is 4.36. The van der Waals surface area contributed by atoms with Crippen molar-refractivity contribution in [2.24, 2.45) is 0 Å². The molecular weight excluding hydrogens is 546 g/mol. The number of rotatable bonds is 24. The molecule has 0 aromatic carbocycles. The molecule has 40 heavy (non-hydrogen) atoms. The van der Waals surface area contributed by atoms with Crippen LogP contribution in [0.25, 0.3) is 0 Å². The monoisotopic (exact) mass is 604 g/mol. The predicted molar refractivity (Wildman–Crippen MR) is 167 cm³/mol. The van der Waals surface area contributed by atoms with Crippen molar-refractivity contribution in [2.75, 3.05) is 26.4 Å². The molecule has 0 atom stereocenters. The zero-order valence-corrected chi connectivity index (χ0v) is 28.4. The van der Waals surface area contributed by atoms with Crippen molar-refractivity contribution in [2.45, 2.75) is 144 Å². The molecule has 0 radical (unpaired) electrons. The molecule has 0 amide bonds. The van der Waals surface area contributed by atoms with Gasteiger partial charge in [0.25, 0.3) is 0 Å². The second kappa shape index (κ2) is 22.0. The summed E-state index contributed by atoms with van der Waals surface area (Å²) in [7, 11) is -7.14. The Morgan fingerprint density at radius 1 is 0.475 bits per heavy atom. The Labute approximate surface area is 246 Å². The van der Waals surface area contributed by atoms with Gasteiger partial charge in [0.2, 0.25) is 0 Å². The molecule has 0 spiro atoms. The Morgan fingerprint density at radius 2 is 0.725 bits per heavy atom. The second-order valence-corrected chi connectivity index (χ2v) is 13.7. The van der Waals surface area contributed by atoms with Gasteiger partial charge >= 0.3 is 15.5 Å². The van der Waals surface area contributed by atoms with Gasteiger partial charge in [-0.2, -0.15) is 0 Å². The fourth-order valence-corrected chi connectivity index (χ4v) is 8.07. The van der Waals surface area contributed by atoms with Crippen LogP contribution in [0.15, 0.2) is 0 Å². The van der Waals surface area contributed by atoms with Gasteiger partial charge in [-0.15, -0.1) is 0 Å².